The molecule has 0 bridgehead atoms. The van der Waals surface area contributed by atoms with Gasteiger partial charge in [-0.3, -0.25) is 4.90 Å². The molecule has 0 saturated carbocycles. The van der Waals surface area contributed by atoms with Crippen molar-refractivity contribution in [2.24, 2.45) is 0 Å². The fourth-order valence-electron chi connectivity index (χ4n) is 4.95. The molecule has 2 aromatic rings. The fraction of sp³-hybridized carbons (Fsp3) is 0.657. The fourth-order valence-corrected chi connectivity index (χ4v) is 4.95. The molecule has 0 aliphatic heterocycles. The zero-order valence-corrected chi connectivity index (χ0v) is 27.6. The van der Waals surface area contributed by atoms with Crippen LogP contribution in [-0.4, -0.2) is 47.2 Å². The first-order valence-corrected chi connectivity index (χ1v) is 14.6. The van der Waals surface area contributed by atoms with Gasteiger partial charge in [0.15, 0.2) is 0 Å². The topological polar surface area (TPSA) is 46.9 Å². The zero-order chi connectivity index (χ0) is 30.1. The summed E-state index contributed by atoms with van der Waals surface area (Å²) in [6, 6.07) is 8.75. The lowest BCUT2D eigenvalue weighted by molar-refractivity contribution is 0.233. The van der Waals surface area contributed by atoms with E-state index in [2.05, 4.69) is 131 Å². The average Bonchev–Trinajstić information content (AvgIpc) is 2.72. The van der Waals surface area contributed by atoms with Crippen LogP contribution in [0.3, 0.4) is 0 Å². The molecule has 0 amide bonds. The molecular formula is C35H58N2O2. The molecule has 0 fully saturated rings. The summed E-state index contributed by atoms with van der Waals surface area (Å²) in [5, 5.41) is 23.0. The largest absolute Gasteiger partial charge is 0.507 e. The molecule has 39 heavy (non-hydrogen) atoms. The van der Waals surface area contributed by atoms with Crippen LogP contribution in [0.2, 0.25) is 0 Å². The van der Waals surface area contributed by atoms with Gasteiger partial charge in [0.25, 0.3) is 0 Å². The van der Waals surface area contributed by atoms with Crippen LogP contribution in [0, 0.1) is 0 Å². The molecule has 2 aromatic carbocycles. The standard InChI is InChI=1S/C35H58N2O2/c1-32(2,3)26-18-24(30(38)28(20-26)34(7,8)9)22-37(17-15-16-36(13)14)23-25-19-27(33(4,5)6)21-29(31(25)39)35(10,11)12/h18-21,38-39H,15-17,22-23H2,1-14H3. The molecular weight excluding hydrogens is 480 g/mol. The highest BCUT2D eigenvalue weighted by molar-refractivity contribution is 5.50. The van der Waals surface area contributed by atoms with Gasteiger partial charge in [0.1, 0.15) is 11.5 Å². The van der Waals surface area contributed by atoms with Crippen LogP contribution < -0.4 is 0 Å². The molecule has 0 aliphatic carbocycles. The van der Waals surface area contributed by atoms with E-state index >= 15 is 0 Å². The smallest absolute Gasteiger partial charge is 0.123 e. The van der Waals surface area contributed by atoms with Crippen LogP contribution in [0.4, 0.5) is 0 Å². The third kappa shape index (κ3) is 8.98. The van der Waals surface area contributed by atoms with Gasteiger partial charge >= 0.3 is 0 Å². The van der Waals surface area contributed by atoms with Crippen molar-refractivity contribution in [2.45, 2.75) is 124 Å². The Morgan fingerprint density at radius 2 is 0.897 bits per heavy atom. The molecule has 0 spiro atoms. The molecule has 2 N–H and O–H groups in total. The molecule has 0 aromatic heterocycles. The van der Waals surface area contributed by atoms with Crippen molar-refractivity contribution < 1.29 is 10.2 Å². The average molecular weight is 539 g/mol. The molecule has 0 unspecified atom stereocenters. The lowest BCUT2D eigenvalue weighted by Gasteiger charge is -2.31. The summed E-state index contributed by atoms with van der Waals surface area (Å²) < 4.78 is 0. The lowest BCUT2D eigenvalue weighted by Crippen LogP contribution is -2.28. The maximum atomic E-state index is 11.5. The summed E-state index contributed by atoms with van der Waals surface area (Å²) in [5.74, 6) is 0.798. The molecule has 220 valence electrons. The SMILES string of the molecule is CN(C)CCCN(Cc1cc(C(C)(C)C)cc(C(C)(C)C)c1O)Cc1cc(C(C)(C)C)cc(C(C)(C)C)c1O. The summed E-state index contributed by atoms with van der Waals surface area (Å²) in [7, 11) is 4.21. The van der Waals surface area contributed by atoms with Gasteiger partial charge in [-0.2, -0.15) is 0 Å². The van der Waals surface area contributed by atoms with Gasteiger partial charge in [0, 0.05) is 30.8 Å². The van der Waals surface area contributed by atoms with Crippen LogP contribution in [0.25, 0.3) is 0 Å². The van der Waals surface area contributed by atoms with Crippen LogP contribution in [0.15, 0.2) is 24.3 Å². The molecule has 0 aliphatic rings. The second kappa shape index (κ2) is 11.8. The van der Waals surface area contributed by atoms with E-state index in [0.29, 0.717) is 24.6 Å². The summed E-state index contributed by atoms with van der Waals surface area (Å²) in [6.07, 6.45) is 1.00. The van der Waals surface area contributed by atoms with Gasteiger partial charge < -0.3 is 15.1 Å². The first-order chi connectivity index (χ1) is 17.5. The molecule has 4 nitrogen and oxygen atoms in total. The number of rotatable bonds is 8. The molecule has 0 atom stereocenters. The number of phenolic OH excluding ortho intramolecular Hbond substituents is 2. The third-order valence-electron chi connectivity index (χ3n) is 7.59. The Labute approximate surface area is 240 Å². The third-order valence-corrected chi connectivity index (χ3v) is 7.59. The Balaban J connectivity index is 2.65. The van der Waals surface area contributed by atoms with E-state index < -0.39 is 0 Å². The van der Waals surface area contributed by atoms with Gasteiger partial charge in [-0.15, -0.1) is 0 Å². The van der Waals surface area contributed by atoms with Crippen molar-refractivity contribution in [3.8, 4) is 11.5 Å². The van der Waals surface area contributed by atoms with Crippen LogP contribution in [0.5, 0.6) is 11.5 Å². The minimum Gasteiger partial charge on any atom is -0.507 e. The number of nitrogens with zero attached hydrogens (tertiary/aromatic N) is 2. The van der Waals surface area contributed by atoms with Crippen molar-refractivity contribution in [1.29, 1.82) is 0 Å². The molecule has 0 saturated heterocycles. The number of hydrogen-bond acceptors (Lipinski definition) is 4. The highest BCUT2D eigenvalue weighted by atomic mass is 16.3. The predicted octanol–water partition coefficient (Wildman–Crippen LogP) is 8.24. The summed E-state index contributed by atoms with van der Waals surface area (Å²) >= 11 is 0. The first-order valence-electron chi connectivity index (χ1n) is 14.6. The quantitative estimate of drug-likeness (QED) is 0.355. The highest BCUT2D eigenvalue weighted by Crippen LogP contribution is 2.40. The first kappa shape index (κ1) is 33.2. The van der Waals surface area contributed by atoms with E-state index in [9.17, 15) is 10.2 Å². The number of hydrogen-bond donors (Lipinski definition) is 2. The van der Waals surface area contributed by atoms with Crippen molar-refractivity contribution in [3.63, 3.8) is 0 Å². The summed E-state index contributed by atoms with van der Waals surface area (Å²) in [6.45, 7) is 29.5. The molecule has 0 radical (unpaired) electrons. The van der Waals surface area contributed by atoms with Crippen LogP contribution in [-0.2, 0) is 34.7 Å². The van der Waals surface area contributed by atoms with Gasteiger partial charge in [0.05, 0.1) is 0 Å². The summed E-state index contributed by atoms with van der Waals surface area (Å²) in [4.78, 5) is 4.61. The van der Waals surface area contributed by atoms with Crippen molar-refractivity contribution in [1.82, 2.24) is 9.80 Å². The highest BCUT2D eigenvalue weighted by Gasteiger charge is 2.28. The number of aromatic hydroxyl groups is 2. The number of phenols is 2. The molecule has 0 heterocycles. The lowest BCUT2D eigenvalue weighted by atomic mass is 9.78. The maximum absolute atomic E-state index is 11.5. The monoisotopic (exact) mass is 538 g/mol. The second-order valence-corrected chi connectivity index (χ2v) is 15.9. The van der Waals surface area contributed by atoms with Gasteiger partial charge in [-0.05, 0) is 71.0 Å². The van der Waals surface area contributed by atoms with Crippen LogP contribution >= 0.6 is 0 Å². The van der Waals surface area contributed by atoms with E-state index in [0.717, 1.165) is 41.8 Å². The van der Waals surface area contributed by atoms with Crippen molar-refractivity contribution >= 4 is 0 Å². The van der Waals surface area contributed by atoms with Crippen LogP contribution in [0.1, 0.15) is 123 Å². The minimum absolute atomic E-state index is 0.0286. The Bertz CT molecular complexity index is 1040. The molecule has 2 rings (SSSR count). The Hall–Kier alpha value is -2.04. The van der Waals surface area contributed by atoms with E-state index in [1.165, 1.54) is 11.1 Å². The maximum Gasteiger partial charge on any atom is 0.123 e. The minimum atomic E-state index is -0.170. The Morgan fingerprint density at radius 3 is 1.18 bits per heavy atom. The summed E-state index contributed by atoms with van der Waals surface area (Å²) in [5.41, 5.74) is 5.98. The van der Waals surface area contributed by atoms with Crippen molar-refractivity contribution in [3.05, 3.63) is 57.6 Å². The normalized spacial score (nSPS) is 13.5. The van der Waals surface area contributed by atoms with E-state index in [1.807, 2.05) is 0 Å². The van der Waals surface area contributed by atoms with Gasteiger partial charge in [0.2, 0.25) is 0 Å². The van der Waals surface area contributed by atoms with Crippen molar-refractivity contribution in [2.75, 3.05) is 27.2 Å². The Morgan fingerprint density at radius 1 is 0.538 bits per heavy atom. The van der Waals surface area contributed by atoms with Gasteiger partial charge in [-0.25, -0.2) is 0 Å². The predicted molar refractivity (Wildman–Crippen MR) is 168 cm³/mol. The zero-order valence-electron chi connectivity index (χ0n) is 27.6. The van der Waals surface area contributed by atoms with E-state index in [-0.39, 0.29) is 21.7 Å². The number of benzene rings is 2. The van der Waals surface area contributed by atoms with E-state index in [1.54, 1.807) is 0 Å². The van der Waals surface area contributed by atoms with E-state index in [4.69, 9.17) is 0 Å². The molecule has 4 heteroatoms. The Kier molecular flexibility index (Phi) is 10.1. The van der Waals surface area contributed by atoms with Gasteiger partial charge in [-0.1, -0.05) is 107 Å². The second-order valence-electron chi connectivity index (χ2n) is 15.9.